The molecule has 6 heteroatoms. The Balaban J connectivity index is 2.18. The van der Waals surface area contributed by atoms with Crippen LogP contribution in [-0.4, -0.2) is 39.5 Å². The van der Waals surface area contributed by atoms with E-state index < -0.39 is 5.97 Å². The summed E-state index contributed by atoms with van der Waals surface area (Å²) in [7, 11) is 0. The van der Waals surface area contributed by atoms with E-state index in [1.54, 1.807) is 18.2 Å². The van der Waals surface area contributed by atoms with E-state index in [1.807, 2.05) is 0 Å². The molecule has 0 aromatic carbocycles. The molecule has 1 aliphatic carbocycles. The fraction of sp³-hybridized carbons (Fsp3) is 0.364. The fourth-order valence-corrected chi connectivity index (χ4v) is 1.92. The molecule has 1 aliphatic rings. The highest BCUT2D eigenvalue weighted by Crippen LogP contribution is 2.27. The highest BCUT2D eigenvalue weighted by Gasteiger charge is 2.34. The summed E-state index contributed by atoms with van der Waals surface area (Å²) in [6.45, 7) is -0.266. The fourth-order valence-electron chi connectivity index (χ4n) is 1.57. The molecule has 0 spiro atoms. The number of aromatic nitrogens is 1. The SMILES string of the molecule is O=C(O)CN(C(=O)c1cccc(Br)n1)C1CC1. The van der Waals surface area contributed by atoms with Crippen LogP contribution in [0, 0.1) is 0 Å². The maximum Gasteiger partial charge on any atom is 0.323 e. The minimum Gasteiger partial charge on any atom is -0.480 e. The van der Waals surface area contributed by atoms with Gasteiger partial charge in [0, 0.05) is 6.04 Å². The summed E-state index contributed by atoms with van der Waals surface area (Å²) in [5.74, 6) is -1.32. The molecule has 1 amide bonds. The second kappa shape index (κ2) is 4.83. The molecule has 0 saturated heterocycles. The molecule has 90 valence electrons. The zero-order valence-electron chi connectivity index (χ0n) is 8.97. The van der Waals surface area contributed by atoms with Gasteiger partial charge in [-0.2, -0.15) is 0 Å². The number of hydrogen-bond donors (Lipinski definition) is 1. The van der Waals surface area contributed by atoms with Crippen molar-refractivity contribution < 1.29 is 14.7 Å². The summed E-state index contributed by atoms with van der Waals surface area (Å²) in [6, 6.07) is 5.06. The molecule has 0 aliphatic heterocycles. The third-order valence-electron chi connectivity index (χ3n) is 2.49. The van der Waals surface area contributed by atoms with E-state index in [0.717, 1.165) is 12.8 Å². The maximum atomic E-state index is 12.1. The molecular weight excluding hydrogens is 288 g/mol. The lowest BCUT2D eigenvalue weighted by molar-refractivity contribution is -0.137. The third-order valence-corrected chi connectivity index (χ3v) is 2.93. The van der Waals surface area contributed by atoms with Crippen molar-refractivity contribution in [1.82, 2.24) is 9.88 Å². The van der Waals surface area contributed by atoms with E-state index in [1.165, 1.54) is 4.90 Å². The van der Waals surface area contributed by atoms with Gasteiger partial charge in [-0.1, -0.05) is 6.07 Å². The maximum absolute atomic E-state index is 12.1. The summed E-state index contributed by atoms with van der Waals surface area (Å²) < 4.78 is 0.564. The minimum absolute atomic E-state index is 0.0550. The molecular formula is C11H11BrN2O3. The molecule has 1 heterocycles. The van der Waals surface area contributed by atoms with Crippen LogP contribution in [0.5, 0.6) is 0 Å². The van der Waals surface area contributed by atoms with Crippen LogP contribution in [0.3, 0.4) is 0 Å². The monoisotopic (exact) mass is 298 g/mol. The van der Waals surface area contributed by atoms with Crippen molar-refractivity contribution in [3.63, 3.8) is 0 Å². The number of carbonyl (C=O) groups excluding carboxylic acids is 1. The Bertz CT molecular complexity index is 460. The lowest BCUT2D eigenvalue weighted by Crippen LogP contribution is -2.37. The van der Waals surface area contributed by atoms with E-state index in [4.69, 9.17) is 5.11 Å². The van der Waals surface area contributed by atoms with Crippen LogP contribution < -0.4 is 0 Å². The number of amides is 1. The van der Waals surface area contributed by atoms with E-state index in [9.17, 15) is 9.59 Å². The van der Waals surface area contributed by atoms with Gasteiger partial charge in [0.1, 0.15) is 16.8 Å². The number of halogens is 1. The first-order chi connectivity index (χ1) is 8.08. The highest BCUT2D eigenvalue weighted by atomic mass is 79.9. The summed E-state index contributed by atoms with van der Waals surface area (Å²) in [4.78, 5) is 28.2. The van der Waals surface area contributed by atoms with Gasteiger partial charge in [0.2, 0.25) is 0 Å². The van der Waals surface area contributed by atoms with Crippen molar-refractivity contribution in [2.75, 3.05) is 6.54 Å². The smallest absolute Gasteiger partial charge is 0.323 e. The molecule has 1 saturated carbocycles. The number of pyridine rings is 1. The Labute approximate surface area is 107 Å². The van der Waals surface area contributed by atoms with Crippen LogP contribution >= 0.6 is 15.9 Å². The molecule has 0 atom stereocenters. The van der Waals surface area contributed by atoms with Crippen LogP contribution in [-0.2, 0) is 4.79 Å². The van der Waals surface area contributed by atoms with Crippen molar-refractivity contribution in [3.05, 3.63) is 28.5 Å². The van der Waals surface area contributed by atoms with Crippen molar-refractivity contribution in [2.45, 2.75) is 18.9 Å². The number of nitrogens with zero attached hydrogens (tertiary/aromatic N) is 2. The average Bonchev–Trinajstić information content (AvgIpc) is 3.08. The Hall–Kier alpha value is -1.43. The van der Waals surface area contributed by atoms with Crippen molar-refractivity contribution in [3.8, 4) is 0 Å². The molecule has 2 rings (SSSR count). The Morgan fingerprint density at radius 2 is 2.18 bits per heavy atom. The average molecular weight is 299 g/mol. The lowest BCUT2D eigenvalue weighted by Gasteiger charge is -2.19. The van der Waals surface area contributed by atoms with Crippen LogP contribution in [0.15, 0.2) is 22.8 Å². The number of carbonyl (C=O) groups is 2. The van der Waals surface area contributed by atoms with Crippen LogP contribution in [0.1, 0.15) is 23.3 Å². The highest BCUT2D eigenvalue weighted by molar-refractivity contribution is 9.10. The number of rotatable bonds is 4. The summed E-state index contributed by atoms with van der Waals surface area (Å²) in [5.41, 5.74) is 0.271. The molecule has 0 unspecified atom stereocenters. The van der Waals surface area contributed by atoms with Gasteiger partial charge in [-0.3, -0.25) is 9.59 Å². The van der Waals surface area contributed by atoms with Gasteiger partial charge < -0.3 is 10.0 Å². The minimum atomic E-state index is -1.000. The van der Waals surface area contributed by atoms with Gasteiger partial charge >= 0.3 is 5.97 Å². The van der Waals surface area contributed by atoms with Gasteiger partial charge in [0.05, 0.1) is 0 Å². The summed E-state index contributed by atoms with van der Waals surface area (Å²) in [6.07, 6.45) is 1.74. The first-order valence-corrected chi connectivity index (χ1v) is 6.02. The number of carboxylic acids is 1. The first-order valence-electron chi connectivity index (χ1n) is 5.23. The van der Waals surface area contributed by atoms with E-state index in [-0.39, 0.29) is 24.2 Å². The summed E-state index contributed by atoms with van der Waals surface area (Å²) in [5, 5.41) is 8.79. The van der Waals surface area contributed by atoms with Crippen LogP contribution in [0.25, 0.3) is 0 Å². The summed E-state index contributed by atoms with van der Waals surface area (Å²) >= 11 is 3.18. The quantitative estimate of drug-likeness (QED) is 0.856. The molecule has 1 N–H and O–H groups in total. The van der Waals surface area contributed by atoms with Crippen LogP contribution in [0.2, 0.25) is 0 Å². The van der Waals surface area contributed by atoms with E-state index >= 15 is 0 Å². The largest absolute Gasteiger partial charge is 0.480 e. The predicted molar refractivity (Wildman–Crippen MR) is 63.6 cm³/mol. The third kappa shape index (κ3) is 3.03. The van der Waals surface area contributed by atoms with Gasteiger partial charge in [-0.05, 0) is 40.9 Å². The second-order valence-electron chi connectivity index (χ2n) is 3.90. The topological polar surface area (TPSA) is 70.5 Å². The number of hydrogen-bond acceptors (Lipinski definition) is 3. The molecule has 0 bridgehead atoms. The normalized spacial score (nSPS) is 14.4. The molecule has 1 aromatic heterocycles. The number of carboxylic acid groups (broad SMARTS) is 1. The van der Waals surface area contributed by atoms with Gasteiger partial charge in [0.25, 0.3) is 5.91 Å². The second-order valence-corrected chi connectivity index (χ2v) is 4.72. The van der Waals surface area contributed by atoms with E-state index in [0.29, 0.717) is 4.60 Å². The van der Waals surface area contributed by atoms with Gasteiger partial charge in [-0.15, -0.1) is 0 Å². The zero-order valence-corrected chi connectivity index (χ0v) is 10.6. The Morgan fingerprint density at radius 1 is 1.47 bits per heavy atom. The first kappa shape index (κ1) is 12.0. The Morgan fingerprint density at radius 3 is 2.71 bits per heavy atom. The zero-order chi connectivity index (χ0) is 12.4. The molecule has 1 fully saturated rings. The molecule has 5 nitrogen and oxygen atoms in total. The van der Waals surface area contributed by atoms with Crippen molar-refractivity contribution in [1.29, 1.82) is 0 Å². The van der Waals surface area contributed by atoms with Crippen molar-refractivity contribution >= 4 is 27.8 Å². The predicted octanol–water partition coefficient (Wildman–Crippen LogP) is 1.53. The van der Waals surface area contributed by atoms with Crippen LogP contribution in [0.4, 0.5) is 0 Å². The standard InChI is InChI=1S/C11H11BrN2O3/c12-9-3-1-2-8(13-9)11(17)14(6-10(15)16)7-4-5-7/h1-3,7H,4-6H2,(H,15,16). The molecule has 0 radical (unpaired) electrons. The van der Waals surface area contributed by atoms with Crippen molar-refractivity contribution in [2.24, 2.45) is 0 Å². The van der Waals surface area contributed by atoms with E-state index in [2.05, 4.69) is 20.9 Å². The Kier molecular flexibility index (Phi) is 3.42. The van der Waals surface area contributed by atoms with Gasteiger partial charge in [0.15, 0.2) is 0 Å². The number of aliphatic carboxylic acids is 1. The molecule has 17 heavy (non-hydrogen) atoms. The molecule has 1 aromatic rings. The lowest BCUT2D eigenvalue weighted by atomic mass is 10.3. The van der Waals surface area contributed by atoms with Gasteiger partial charge in [-0.25, -0.2) is 4.98 Å².